The fourth-order valence-electron chi connectivity index (χ4n) is 1.83. The maximum absolute atomic E-state index is 9.41. The van der Waals surface area contributed by atoms with Gasteiger partial charge in [0.1, 0.15) is 0 Å². The minimum Gasteiger partial charge on any atom is -0.395 e. The predicted octanol–water partition coefficient (Wildman–Crippen LogP) is 2.14. The molecule has 2 aromatic rings. The monoisotopic (exact) mass is 262 g/mol. The maximum atomic E-state index is 9.41. The zero-order valence-electron chi connectivity index (χ0n) is 10.5. The van der Waals surface area contributed by atoms with Crippen molar-refractivity contribution < 1.29 is 5.11 Å². The number of nitrogens with zero attached hydrogens (tertiary/aromatic N) is 1. The van der Waals surface area contributed by atoms with E-state index in [0.29, 0.717) is 0 Å². The molecule has 0 spiro atoms. The molecule has 1 aromatic heterocycles. The summed E-state index contributed by atoms with van der Waals surface area (Å²) in [5, 5.41) is 12.8. The highest BCUT2D eigenvalue weighted by Gasteiger charge is 2.09. The molecular formula is C14H18N2OS. The second kappa shape index (κ2) is 6.64. The SMILES string of the molecule is Cc1ncsc1CN[C@@H](CO)Cc1ccccc1. The first-order valence-corrected chi connectivity index (χ1v) is 6.94. The summed E-state index contributed by atoms with van der Waals surface area (Å²) in [5.74, 6) is 0. The molecule has 2 rings (SSSR count). The number of thiazole rings is 1. The average molecular weight is 262 g/mol. The molecule has 0 aliphatic carbocycles. The Morgan fingerprint density at radius 1 is 1.33 bits per heavy atom. The molecule has 4 heteroatoms. The van der Waals surface area contributed by atoms with Crippen molar-refractivity contribution in [2.75, 3.05) is 6.61 Å². The van der Waals surface area contributed by atoms with E-state index in [9.17, 15) is 5.11 Å². The van der Waals surface area contributed by atoms with E-state index in [0.717, 1.165) is 18.7 Å². The van der Waals surface area contributed by atoms with Gasteiger partial charge in [-0.05, 0) is 18.9 Å². The van der Waals surface area contributed by atoms with Gasteiger partial charge in [0.05, 0.1) is 17.8 Å². The molecular weight excluding hydrogens is 244 g/mol. The van der Waals surface area contributed by atoms with Crippen molar-refractivity contribution in [1.29, 1.82) is 0 Å². The Kier molecular flexibility index (Phi) is 4.87. The number of rotatable bonds is 6. The predicted molar refractivity (Wildman–Crippen MR) is 74.7 cm³/mol. The highest BCUT2D eigenvalue weighted by atomic mass is 32.1. The van der Waals surface area contributed by atoms with Gasteiger partial charge in [0.15, 0.2) is 0 Å². The van der Waals surface area contributed by atoms with Crippen LogP contribution in [-0.2, 0) is 13.0 Å². The normalized spacial score (nSPS) is 12.6. The van der Waals surface area contributed by atoms with E-state index < -0.39 is 0 Å². The Labute approximate surface area is 112 Å². The van der Waals surface area contributed by atoms with Gasteiger partial charge in [-0.25, -0.2) is 4.98 Å². The average Bonchev–Trinajstić information content (AvgIpc) is 2.81. The van der Waals surface area contributed by atoms with Crippen LogP contribution in [0.5, 0.6) is 0 Å². The third-order valence-electron chi connectivity index (χ3n) is 2.94. The van der Waals surface area contributed by atoms with Gasteiger partial charge in [0.2, 0.25) is 0 Å². The van der Waals surface area contributed by atoms with Gasteiger partial charge in [0, 0.05) is 17.5 Å². The van der Waals surface area contributed by atoms with Crippen LogP contribution in [0.3, 0.4) is 0 Å². The Bertz CT molecular complexity index is 470. The third kappa shape index (κ3) is 3.63. The van der Waals surface area contributed by atoms with E-state index in [4.69, 9.17) is 0 Å². The van der Waals surface area contributed by atoms with Crippen molar-refractivity contribution in [3.05, 3.63) is 52.0 Å². The minimum absolute atomic E-state index is 0.0916. The molecule has 0 aliphatic heterocycles. The Morgan fingerprint density at radius 3 is 2.72 bits per heavy atom. The summed E-state index contributed by atoms with van der Waals surface area (Å²) >= 11 is 1.65. The molecule has 3 nitrogen and oxygen atoms in total. The van der Waals surface area contributed by atoms with Gasteiger partial charge in [-0.15, -0.1) is 11.3 Å². The van der Waals surface area contributed by atoms with E-state index in [2.05, 4.69) is 22.4 Å². The van der Waals surface area contributed by atoms with Crippen LogP contribution < -0.4 is 5.32 Å². The second-order valence-corrected chi connectivity index (χ2v) is 5.25. The molecule has 0 amide bonds. The number of benzene rings is 1. The molecule has 96 valence electrons. The summed E-state index contributed by atoms with van der Waals surface area (Å²) in [5.41, 5.74) is 4.17. The van der Waals surface area contributed by atoms with Gasteiger partial charge in [0.25, 0.3) is 0 Å². The van der Waals surface area contributed by atoms with Crippen LogP contribution in [0.1, 0.15) is 16.1 Å². The number of nitrogens with one attached hydrogen (secondary N) is 1. The molecule has 0 bridgehead atoms. The van der Waals surface area contributed by atoms with E-state index in [1.807, 2.05) is 30.6 Å². The molecule has 2 N–H and O–H groups in total. The molecule has 0 saturated heterocycles. The maximum Gasteiger partial charge on any atom is 0.0798 e. The van der Waals surface area contributed by atoms with E-state index in [-0.39, 0.29) is 12.6 Å². The van der Waals surface area contributed by atoms with Crippen molar-refractivity contribution in [1.82, 2.24) is 10.3 Å². The lowest BCUT2D eigenvalue weighted by molar-refractivity contribution is 0.241. The largest absolute Gasteiger partial charge is 0.395 e. The zero-order chi connectivity index (χ0) is 12.8. The number of hydrogen-bond donors (Lipinski definition) is 2. The minimum atomic E-state index is 0.0916. The van der Waals surface area contributed by atoms with Crippen LogP contribution in [0.15, 0.2) is 35.8 Å². The highest BCUT2D eigenvalue weighted by molar-refractivity contribution is 7.09. The molecule has 0 radical (unpaired) electrons. The first-order chi connectivity index (χ1) is 8.79. The smallest absolute Gasteiger partial charge is 0.0798 e. The summed E-state index contributed by atoms with van der Waals surface area (Å²) < 4.78 is 0. The van der Waals surface area contributed by atoms with Gasteiger partial charge >= 0.3 is 0 Å². The van der Waals surface area contributed by atoms with Gasteiger partial charge in [-0.2, -0.15) is 0 Å². The quantitative estimate of drug-likeness (QED) is 0.838. The Hall–Kier alpha value is -1.23. The van der Waals surface area contributed by atoms with E-state index in [1.165, 1.54) is 10.4 Å². The molecule has 1 heterocycles. The van der Waals surface area contributed by atoms with Gasteiger partial charge in [-0.3, -0.25) is 0 Å². The molecule has 0 unspecified atom stereocenters. The molecule has 18 heavy (non-hydrogen) atoms. The fraction of sp³-hybridized carbons (Fsp3) is 0.357. The molecule has 0 aliphatic rings. The summed E-state index contributed by atoms with van der Waals surface area (Å²) in [4.78, 5) is 5.46. The van der Waals surface area contributed by atoms with E-state index in [1.54, 1.807) is 11.3 Å². The topological polar surface area (TPSA) is 45.2 Å². The molecule has 1 atom stereocenters. The highest BCUT2D eigenvalue weighted by Crippen LogP contribution is 2.12. The summed E-state index contributed by atoms with van der Waals surface area (Å²) in [6, 6.07) is 10.3. The number of hydrogen-bond acceptors (Lipinski definition) is 4. The molecule has 0 saturated carbocycles. The lowest BCUT2D eigenvalue weighted by Crippen LogP contribution is -2.33. The van der Waals surface area contributed by atoms with Crippen molar-refractivity contribution in [2.45, 2.75) is 25.9 Å². The van der Waals surface area contributed by atoms with Crippen LogP contribution in [-0.4, -0.2) is 22.7 Å². The van der Waals surface area contributed by atoms with E-state index >= 15 is 0 Å². The Morgan fingerprint density at radius 2 is 2.11 bits per heavy atom. The summed E-state index contributed by atoms with van der Waals surface area (Å²) in [6.07, 6.45) is 0.842. The number of aliphatic hydroxyl groups excluding tert-OH is 1. The third-order valence-corrected chi connectivity index (χ3v) is 3.88. The van der Waals surface area contributed by atoms with Crippen molar-refractivity contribution >= 4 is 11.3 Å². The van der Waals surface area contributed by atoms with Crippen LogP contribution in [0.2, 0.25) is 0 Å². The molecule has 0 fully saturated rings. The number of aromatic nitrogens is 1. The first-order valence-electron chi connectivity index (χ1n) is 6.06. The zero-order valence-corrected chi connectivity index (χ0v) is 11.3. The van der Waals surface area contributed by atoms with Gasteiger partial charge in [-0.1, -0.05) is 30.3 Å². The fourth-order valence-corrected chi connectivity index (χ4v) is 2.56. The van der Waals surface area contributed by atoms with Crippen LogP contribution in [0, 0.1) is 6.92 Å². The van der Waals surface area contributed by atoms with Crippen molar-refractivity contribution in [3.8, 4) is 0 Å². The van der Waals surface area contributed by atoms with Gasteiger partial charge < -0.3 is 10.4 Å². The summed E-state index contributed by atoms with van der Waals surface area (Å²) in [7, 11) is 0. The lowest BCUT2D eigenvalue weighted by atomic mass is 10.1. The Balaban J connectivity index is 1.88. The standard InChI is InChI=1S/C14H18N2OS/c1-11-14(18-10-16-11)8-15-13(9-17)7-12-5-3-2-4-6-12/h2-6,10,13,15,17H,7-9H2,1H3/t13-/m1/s1. The van der Waals surface area contributed by atoms with Crippen LogP contribution in [0.25, 0.3) is 0 Å². The van der Waals surface area contributed by atoms with Crippen molar-refractivity contribution in [3.63, 3.8) is 0 Å². The van der Waals surface area contributed by atoms with Crippen LogP contribution in [0.4, 0.5) is 0 Å². The van der Waals surface area contributed by atoms with Crippen LogP contribution >= 0.6 is 11.3 Å². The first kappa shape index (κ1) is 13.2. The second-order valence-electron chi connectivity index (χ2n) is 4.31. The lowest BCUT2D eigenvalue weighted by Gasteiger charge is -2.16. The number of aliphatic hydroxyl groups is 1. The summed E-state index contributed by atoms with van der Waals surface area (Å²) in [6.45, 7) is 2.93. The number of aryl methyl sites for hydroxylation is 1. The molecule has 1 aromatic carbocycles. The van der Waals surface area contributed by atoms with Crippen molar-refractivity contribution in [2.24, 2.45) is 0 Å².